The minimum absolute atomic E-state index is 0.240. The molecular formula is C13H11BrF2OS. The van der Waals surface area contributed by atoms with Crippen molar-refractivity contribution >= 4 is 27.3 Å². The van der Waals surface area contributed by atoms with Crippen molar-refractivity contribution in [1.82, 2.24) is 0 Å². The summed E-state index contributed by atoms with van der Waals surface area (Å²) in [7, 11) is 0. The first kappa shape index (κ1) is 13.6. The third-order valence-electron chi connectivity index (χ3n) is 2.46. The second kappa shape index (κ2) is 5.91. The molecule has 1 nitrogen and oxygen atoms in total. The Bertz CT molecular complexity index is 521. The monoisotopic (exact) mass is 332 g/mol. The second-order valence-corrected chi connectivity index (χ2v) is 6.59. The molecule has 18 heavy (non-hydrogen) atoms. The smallest absolute Gasteiger partial charge is 0.126 e. The van der Waals surface area contributed by atoms with Gasteiger partial charge in [0, 0.05) is 17.4 Å². The van der Waals surface area contributed by atoms with E-state index < -0.39 is 17.7 Å². The summed E-state index contributed by atoms with van der Waals surface area (Å²) in [6.07, 6.45) is 0.0789. The average molecular weight is 333 g/mol. The molecule has 0 amide bonds. The van der Waals surface area contributed by atoms with E-state index in [-0.39, 0.29) is 6.42 Å². The van der Waals surface area contributed by atoms with Crippen molar-refractivity contribution in [2.75, 3.05) is 0 Å². The molecule has 0 aliphatic rings. The Morgan fingerprint density at radius 2 is 1.78 bits per heavy atom. The van der Waals surface area contributed by atoms with E-state index in [4.69, 9.17) is 0 Å². The molecule has 1 atom stereocenters. The Morgan fingerprint density at radius 1 is 1.11 bits per heavy atom. The number of thiophene rings is 1. The highest BCUT2D eigenvalue weighted by Crippen LogP contribution is 2.23. The average Bonchev–Trinajstić information content (AvgIpc) is 2.61. The number of hydrogen-bond donors (Lipinski definition) is 1. The van der Waals surface area contributed by atoms with Gasteiger partial charge in [-0.1, -0.05) is 0 Å². The number of aliphatic hydroxyl groups is 1. The quantitative estimate of drug-likeness (QED) is 0.899. The summed E-state index contributed by atoms with van der Waals surface area (Å²) in [6, 6.07) is 7.15. The van der Waals surface area contributed by atoms with Crippen LogP contribution in [0.4, 0.5) is 8.78 Å². The predicted molar refractivity (Wildman–Crippen MR) is 71.8 cm³/mol. The highest BCUT2D eigenvalue weighted by molar-refractivity contribution is 9.11. The van der Waals surface area contributed by atoms with Crippen LogP contribution in [0.15, 0.2) is 34.1 Å². The minimum atomic E-state index is -0.642. The Labute approximate surface area is 116 Å². The molecule has 5 heteroatoms. The summed E-state index contributed by atoms with van der Waals surface area (Å²) in [5.74, 6) is -1.23. The molecule has 0 radical (unpaired) electrons. The lowest BCUT2D eigenvalue weighted by Gasteiger charge is -2.09. The van der Waals surface area contributed by atoms with Crippen molar-refractivity contribution in [1.29, 1.82) is 0 Å². The summed E-state index contributed by atoms with van der Waals surface area (Å²) in [5, 5.41) is 9.89. The van der Waals surface area contributed by atoms with E-state index >= 15 is 0 Å². The molecule has 1 aromatic carbocycles. The van der Waals surface area contributed by atoms with Gasteiger partial charge in [0.1, 0.15) is 11.6 Å². The van der Waals surface area contributed by atoms with Crippen LogP contribution in [0.25, 0.3) is 0 Å². The van der Waals surface area contributed by atoms with Gasteiger partial charge in [-0.3, -0.25) is 0 Å². The van der Waals surface area contributed by atoms with Gasteiger partial charge in [0.15, 0.2) is 0 Å². The lowest BCUT2D eigenvalue weighted by molar-refractivity contribution is 0.176. The van der Waals surface area contributed by atoms with Crippen LogP contribution in [0.5, 0.6) is 0 Å². The van der Waals surface area contributed by atoms with Crippen molar-refractivity contribution < 1.29 is 13.9 Å². The van der Waals surface area contributed by atoms with Gasteiger partial charge in [0.2, 0.25) is 0 Å². The Morgan fingerprint density at radius 3 is 2.33 bits per heavy atom. The maximum Gasteiger partial charge on any atom is 0.126 e. The van der Waals surface area contributed by atoms with E-state index in [9.17, 15) is 13.9 Å². The van der Waals surface area contributed by atoms with Crippen LogP contribution in [0.1, 0.15) is 10.4 Å². The third-order valence-corrected chi connectivity index (χ3v) is 4.11. The Kier molecular flexibility index (Phi) is 4.48. The summed E-state index contributed by atoms with van der Waals surface area (Å²) < 4.78 is 27.0. The zero-order valence-electron chi connectivity index (χ0n) is 9.37. The zero-order chi connectivity index (χ0) is 13.1. The number of hydrogen-bond acceptors (Lipinski definition) is 2. The fourth-order valence-corrected chi connectivity index (χ4v) is 3.32. The van der Waals surface area contributed by atoms with Crippen LogP contribution in [-0.2, 0) is 12.8 Å². The van der Waals surface area contributed by atoms with Crippen LogP contribution in [-0.4, -0.2) is 11.2 Å². The molecule has 1 heterocycles. The maximum absolute atomic E-state index is 13.0. The summed E-state index contributed by atoms with van der Waals surface area (Å²) in [5.41, 5.74) is 0.468. The van der Waals surface area contributed by atoms with Crippen molar-refractivity contribution in [3.8, 4) is 0 Å². The van der Waals surface area contributed by atoms with E-state index in [1.807, 2.05) is 12.1 Å². The molecule has 2 aromatic rings. The molecule has 0 saturated carbocycles. The summed E-state index contributed by atoms with van der Waals surface area (Å²) >= 11 is 4.89. The Balaban J connectivity index is 2.00. The van der Waals surface area contributed by atoms with Gasteiger partial charge >= 0.3 is 0 Å². The van der Waals surface area contributed by atoms with Gasteiger partial charge < -0.3 is 5.11 Å². The highest BCUT2D eigenvalue weighted by Gasteiger charge is 2.10. The van der Waals surface area contributed by atoms with Crippen molar-refractivity contribution in [2.45, 2.75) is 18.9 Å². The second-order valence-electron chi connectivity index (χ2n) is 4.05. The number of rotatable bonds is 4. The van der Waals surface area contributed by atoms with Gasteiger partial charge in [-0.15, -0.1) is 11.3 Å². The third kappa shape index (κ3) is 3.86. The largest absolute Gasteiger partial charge is 0.392 e. The van der Waals surface area contributed by atoms with Crippen molar-refractivity contribution in [3.05, 3.63) is 56.2 Å². The lowest BCUT2D eigenvalue weighted by atomic mass is 10.0. The van der Waals surface area contributed by atoms with Gasteiger partial charge in [-0.05, 0) is 52.2 Å². The Hall–Kier alpha value is -0.780. The molecule has 96 valence electrons. The molecular weight excluding hydrogens is 322 g/mol. The van der Waals surface area contributed by atoms with Crippen LogP contribution in [0.3, 0.4) is 0 Å². The highest BCUT2D eigenvalue weighted by atomic mass is 79.9. The van der Waals surface area contributed by atoms with Crippen LogP contribution >= 0.6 is 27.3 Å². The molecule has 1 aromatic heterocycles. The van der Waals surface area contributed by atoms with Gasteiger partial charge in [-0.2, -0.15) is 0 Å². The van der Waals surface area contributed by atoms with Crippen LogP contribution < -0.4 is 0 Å². The minimum Gasteiger partial charge on any atom is -0.392 e. The van der Waals surface area contributed by atoms with Crippen LogP contribution in [0, 0.1) is 11.6 Å². The molecule has 0 fully saturated rings. The van der Waals surface area contributed by atoms with Gasteiger partial charge in [-0.25, -0.2) is 8.78 Å². The van der Waals surface area contributed by atoms with E-state index in [1.165, 1.54) is 12.1 Å². The van der Waals surface area contributed by atoms with Crippen molar-refractivity contribution in [2.24, 2.45) is 0 Å². The molecule has 0 saturated heterocycles. The molecule has 0 aliphatic heterocycles. The number of aliphatic hydroxyl groups excluding tert-OH is 1. The predicted octanol–water partition coefficient (Wildman–Crippen LogP) is 3.93. The van der Waals surface area contributed by atoms with Gasteiger partial charge in [0.25, 0.3) is 0 Å². The normalized spacial score (nSPS) is 12.7. The van der Waals surface area contributed by atoms with Crippen LogP contribution in [0.2, 0.25) is 0 Å². The maximum atomic E-state index is 13.0. The summed E-state index contributed by atoms with van der Waals surface area (Å²) in [6.45, 7) is 0. The topological polar surface area (TPSA) is 20.2 Å². The lowest BCUT2D eigenvalue weighted by Crippen LogP contribution is -2.13. The summed E-state index contributed by atoms with van der Waals surface area (Å²) in [4.78, 5) is 1.03. The molecule has 0 spiro atoms. The van der Waals surface area contributed by atoms with E-state index in [0.717, 1.165) is 14.7 Å². The van der Waals surface area contributed by atoms with Crippen molar-refractivity contribution in [3.63, 3.8) is 0 Å². The molecule has 0 bridgehead atoms. The first-order chi connectivity index (χ1) is 8.52. The van der Waals surface area contributed by atoms with E-state index in [2.05, 4.69) is 15.9 Å². The van der Waals surface area contributed by atoms with Gasteiger partial charge in [0.05, 0.1) is 9.89 Å². The molecule has 1 N–H and O–H groups in total. The number of halogens is 3. The molecule has 2 rings (SSSR count). The molecule has 0 aliphatic carbocycles. The zero-order valence-corrected chi connectivity index (χ0v) is 11.8. The first-order valence-electron chi connectivity index (χ1n) is 5.40. The fourth-order valence-electron chi connectivity index (χ4n) is 1.77. The number of benzene rings is 1. The standard InChI is InChI=1S/C13H11BrF2OS/c14-13-2-1-12(18-13)7-11(17)5-8-3-9(15)6-10(16)4-8/h1-4,6,11,17H,5,7H2. The first-order valence-corrected chi connectivity index (χ1v) is 7.01. The fraction of sp³-hybridized carbons (Fsp3) is 0.231. The van der Waals surface area contributed by atoms with E-state index in [0.29, 0.717) is 12.0 Å². The SMILES string of the molecule is OC(Cc1cc(F)cc(F)c1)Cc1ccc(Br)s1. The van der Waals surface area contributed by atoms with E-state index in [1.54, 1.807) is 11.3 Å². The molecule has 1 unspecified atom stereocenters.